The number of halogens is 3. The van der Waals surface area contributed by atoms with Crippen LogP contribution in [0.4, 0.5) is 0 Å². The molecule has 0 radical (unpaired) electrons. The summed E-state index contributed by atoms with van der Waals surface area (Å²) in [4.78, 5) is 11.0. The van der Waals surface area contributed by atoms with E-state index in [0.717, 1.165) is 16.7 Å². The summed E-state index contributed by atoms with van der Waals surface area (Å²) in [6.45, 7) is 4.18. The monoisotopic (exact) mass is 541 g/mol. The van der Waals surface area contributed by atoms with Gasteiger partial charge in [0.05, 0.1) is 26.2 Å². The minimum atomic E-state index is -0.957. The molecule has 0 amide bonds. The maximum atomic E-state index is 11.0. The number of carboxylic acids is 1. The van der Waals surface area contributed by atoms with Crippen molar-refractivity contribution >= 4 is 52.9 Å². The highest BCUT2D eigenvalue weighted by Crippen LogP contribution is 2.39. The fourth-order valence-corrected chi connectivity index (χ4v) is 4.47. The molecule has 36 heavy (non-hydrogen) atoms. The van der Waals surface area contributed by atoms with Gasteiger partial charge >= 0.3 is 5.97 Å². The van der Waals surface area contributed by atoms with Gasteiger partial charge in [0.15, 0.2) is 0 Å². The van der Waals surface area contributed by atoms with Crippen LogP contribution in [0.1, 0.15) is 52.6 Å². The van der Waals surface area contributed by atoms with Crippen LogP contribution in [0.3, 0.4) is 0 Å². The number of ether oxygens (including phenoxy) is 1. The molecule has 4 aromatic rings. The molecule has 1 N–H and O–H groups in total. The van der Waals surface area contributed by atoms with E-state index in [-0.39, 0.29) is 18.1 Å². The lowest BCUT2D eigenvalue weighted by atomic mass is 10.0. The molecule has 0 saturated carbocycles. The van der Waals surface area contributed by atoms with Gasteiger partial charge in [0.25, 0.3) is 0 Å². The third kappa shape index (κ3) is 5.76. The SMILES string of the molecule is CC(C)c1onc(-c2c(Cl)cccc2Cl)c1COc1ccc(/C=C/c2ccc(C(=O)O)cc2)cc1Cl. The molecule has 184 valence electrons. The number of nitrogens with zero attached hydrogens (tertiary/aromatic N) is 1. The second-order valence-corrected chi connectivity index (χ2v) is 9.59. The summed E-state index contributed by atoms with van der Waals surface area (Å²) in [5, 5.41) is 14.7. The first-order valence-corrected chi connectivity index (χ1v) is 12.2. The highest BCUT2D eigenvalue weighted by atomic mass is 35.5. The molecule has 0 atom stereocenters. The van der Waals surface area contributed by atoms with Crippen LogP contribution in [0.2, 0.25) is 15.1 Å². The van der Waals surface area contributed by atoms with Gasteiger partial charge in [0, 0.05) is 11.5 Å². The molecule has 0 spiro atoms. The quantitative estimate of drug-likeness (QED) is 0.225. The van der Waals surface area contributed by atoms with E-state index in [2.05, 4.69) is 5.16 Å². The second kappa shape index (κ2) is 11.2. The molecule has 0 aliphatic carbocycles. The van der Waals surface area contributed by atoms with Gasteiger partial charge in [-0.15, -0.1) is 0 Å². The Hall–Kier alpha value is -3.25. The Balaban J connectivity index is 1.54. The van der Waals surface area contributed by atoms with Gasteiger partial charge in [-0.3, -0.25) is 0 Å². The molecule has 0 bridgehead atoms. The Kier molecular flexibility index (Phi) is 8.04. The van der Waals surface area contributed by atoms with E-state index < -0.39 is 5.97 Å². The molecule has 0 fully saturated rings. The predicted octanol–water partition coefficient (Wildman–Crippen LogP) is 8.87. The van der Waals surface area contributed by atoms with E-state index in [1.165, 1.54) is 0 Å². The van der Waals surface area contributed by atoms with Crippen molar-refractivity contribution in [1.82, 2.24) is 5.16 Å². The average Bonchev–Trinajstić information content (AvgIpc) is 3.26. The van der Waals surface area contributed by atoms with Crippen molar-refractivity contribution in [2.45, 2.75) is 26.4 Å². The summed E-state index contributed by atoms with van der Waals surface area (Å²) >= 11 is 19.4. The molecule has 4 rings (SSSR count). The number of rotatable bonds is 8. The van der Waals surface area contributed by atoms with Crippen molar-refractivity contribution in [2.75, 3.05) is 0 Å². The van der Waals surface area contributed by atoms with E-state index in [9.17, 15) is 4.79 Å². The first-order chi connectivity index (χ1) is 17.2. The Morgan fingerprint density at radius 3 is 2.22 bits per heavy atom. The fourth-order valence-electron chi connectivity index (χ4n) is 3.65. The van der Waals surface area contributed by atoms with Crippen LogP contribution in [0, 0.1) is 0 Å². The average molecular weight is 543 g/mol. The van der Waals surface area contributed by atoms with Crippen molar-refractivity contribution in [3.63, 3.8) is 0 Å². The maximum absolute atomic E-state index is 11.0. The Morgan fingerprint density at radius 1 is 0.972 bits per heavy atom. The van der Waals surface area contributed by atoms with Crippen molar-refractivity contribution in [3.8, 4) is 17.0 Å². The minimum absolute atomic E-state index is 0.0682. The molecule has 1 aromatic heterocycles. The standard InChI is InChI=1S/C28H22Cl3NO4/c1-16(2)27-20(26(32-36-27)25-21(29)4-3-5-22(25)30)15-35-24-13-10-18(14-23(24)31)7-6-17-8-11-19(12-9-17)28(33)34/h3-14,16H,15H2,1-2H3,(H,33,34)/b7-6+. The van der Waals surface area contributed by atoms with Gasteiger partial charge < -0.3 is 14.4 Å². The zero-order valence-corrected chi connectivity index (χ0v) is 21.7. The summed E-state index contributed by atoms with van der Waals surface area (Å²) in [7, 11) is 0. The third-order valence-electron chi connectivity index (χ3n) is 5.50. The lowest BCUT2D eigenvalue weighted by Gasteiger charge is -2.12. The van der Waals surface area contributed by atoms with Crippen LogP contribution >= 0.6 is 34.8 Å². The van der Waals surface area contributed by atoms with Gasteiger partial charge in [-0.1, -0.05) is 90.2 Å². The molecule has 0 aliphatic heterocycles. The van der Waals surface area contributed by atoms with Crippen LogP contribution in [-0.2, 0) is 6.61 Å². The third-order valence-corrected chi connectivity index (χ3v) is 6.42. The second-order valence-electron chi connectivity index (χ2n) is 8.36. The molecule has 5 nitrogen and oxygen atoms in total. The van der Waals surface area contributed by atoms with E-state index in [0.29, 0.717) is 37.8 Å². The van der Waals surface area contributed by atoms with Crippen molar-refractivity contribution in [3.05, 3.63) is 104 Å². The Labute approximate surface area is 223 Å². The smallest absolute Gasteiger partial charge is 0.335 e. The summed E-state index contributed by atoms with van der Waals surface area (Å²) in [5.74, 6) is 0.303. The molecule has 0 unspecified atom stereocenters. The lowest BCUT2D eigenvalue weighted by Crippen LogP contribution is -2.01. The largest absolute Gasteiger partial charge is 0.487 e. The van der Waals surface area contributed by atoms with Gasteiger partial charge in [-0.05, 0) is 47.5 Å². The van der Waals surface area contributed by atoms with E-state index in [1.54, 1.807) is 54.6 Å². The zero-order chi connectivity index (χ0) is 25.8. The highest BCUT2D eigenvalue weighted by Gasteiger charge is 2.24. The molecule has 8 heteroatoms. The van der Waals surface area contributed by atoms with E-state index in [1.807, 2.05) is 32.1 Å². The van der Waals surface area contributed by atoms with Gasteiger partial charge in [-0.2, -0.15) is 0 Å². The molecular weight excluding hydrogens is 521 g/mol. The molecule has 1 heterocycles. The van der Waals surface area contributed by atoms with Crippen molar-refractivity contribution in [1.29, 1.82) is 0 Å². The first kappa shape index (κ1) is 25.8. The number of benzene rings is 3. The van der Waals surface area contributed by atoms with Gasteiger partial charge in [-0.25, -0.2) is 4.79 Å². The summed E-state index contributed by atoms with van der Waals surface area (Å²) in [6.07, 6.45) is 3.77. The van der Waals surface area contributed by atoms with Crippen LogP contribution in [0.5, 0.6) is 5.75 Å². The van der Waals surface area contributed by atoms with Gasteiger partial charge in [0.1, 0.15) is 23.8 Å². The normalized spacial score (nSPS) is 11.4. The first-order valence-electron chi connectivity index (χ1n) is 11.1. The topological polar surface area (TPSA) is 72.6 Å². The van der Waals surface area contributed by atoms with Crippen LogP contribution < -0.4 is 4.74 Å². The number of carbonyl (C=O) groups is 1. The number of carboxylic acid groups (broad SMARTS) is 1. The number of aromatic nitrogens is 1. The summed E-state index contributed by atoms with van der Waals surface area (Å²) in [5.41, 5.74) is 3.87. The molecular formula is C28H22Cl3NO4. The number of hydrogen-bond acceptors (Lipinski definition) is 4. The van der Waals surface area contributed by atoms with Crippen LogP contribution in [0.15, 0.2) is 65.2 Å². The van der Waals surface area contributed by atoms with Crippen molar-refractivity contribution in [2.24, 2.45) is 0 Å². The van der Waals surface area contributed by atoms with Crippen molar-refractivity contribution < 1.29 is 19.2 Å². The predicted molar refractivity (Wildman–Crippen MR) is 144 cm³/mol. The maximum Gasteiger partial charge on any atom is 0.335 e. The highest BCUT2D eigenvalue weighted by molar-refractivity contribution is 6.39. The number of hydrogen-bond donors (Lipinski definition) is 1. The molecule has 3 aromatic carbocycles. The number of aromatic carboxylic acids is 1. The molecule has 0 saturated heterocycles. The van der Waals surface area contributed by atoms with Crippen LogP contribution in [0.25, 0.3) is 23.4 Å². The fraction of sp³-hybridized carbons (Fsp3) is 0.143. The Bertz CT molecular complexity index is 1410. The molecule has 0 aliphatic rings. The van der Waals surface area contributed by atoms with E-state index in [4.69, 9.17) is 49.2 Å². The van der Waals surface area contributed by atoms with Crippen LogP contribution in [-0.4, -0.2) is 16.2 Å². The zero-order valence-electron chi connectivity index (χ0n) is 19.5. The van der Waals surface area contributed by atoms with E-state index >= 15 is 0 Å². The Morgan fingerprint density at radius 2 is 1.61 bits per heavy atom. The van der Waals surface area contributed by atoms with Gasteiger partial charge in [0.2, 0.25) is 0 Å². The lowest BCUT2D eigenvalue weighted by molar-refractivity contribution is 0.0697. The minimum Gasteiger partial charge on any atom is -0.487 e. The summed E-state index contributed by atoms with van der Waals surface area (Å²) in [6, 6.07) is 17.4. The summed E-state index contributed by atoms with van der Waals surface area (Å²) < 4.78 is 11.7.